The number of phenols is 1. The molecule has 0 aliphatic heterocycles. The van der Waals surface area contributed by atoms with Crippen LogP contribution in [0, 0.1) is 0 Å². The molecule has 0 aliphatic carbocycles. The molecule has 88 valence electrons. The van der Waals surface area contributed by atoms with Crippen LogP contribution in [0.3, 0.4) is 0 Å². The summed E-state index contributed by atoms with van der Waals surface area (Å²) >= 11 is 1.66. The largest absolute Gasteiger partial charge is 0.508 e. The molecule has 2 aromatic rings. The number of nitrogens with one attached hydrogen (secondary N) is 1. The van der Waals surface area contributed by atoms with E-state index in [0.717, 1.165) is 16.3 Å². The van der Waals surface area contributed by atoms with Crippen molar-refractivity contribution in [3.8, 4) is 5.75 Å². The molecule has 1 heterocycles. The maximum absolute atomic E-state index is 9.17. The van der Waals surface area contributed by atoms with Crippen molar-refractivity contribution in [2.45, 2.75) is 10.6 Å². The summed E-state index contributed by atoms with van der Waals surface area (Å²) in [5.74, 6) is 7.00. The number of thioether (sulfide) groups is 1. The number of hydrogen-bond acceptors (Lipinski definition) is 5. The Balaban J connectivity index is 1.99. The highest BCUT2D eigenvalue weighted by atomic mass is 32.2. The molecule has 0 saturated carbocycles. The molecule has 5 heteroatoms. The molecule has 0 radical (unpaired) electrons. The Kier molecular flexibility index (Phi) is 3.85. The first kappa shape index (κ1) is 11.8. The third-order valence-electron chi connectivity index (χ3n) is 2.18. The number of nitrogens with zero attached hydrogens (tertiary/aromatic N) is 1. The predicted octanol–water partition coefficient (Wildman–Crippen LogP) is 2.37. The first-order chi connectivity index (χ1) is 8.28. The Morgan fingerprint density at radius 1 is 1.18 bits per heavy atom. The second kappa shape index (κ2) is 5.56. The lowest BCUT2D eigenvalue weighted by Gasteiger charge is -2.04. The van der Waals surface area contributed by atoms with Crippen molar-refractivity contribution in [1.29, 1.82) is 0 Å². The molecule has 0 spiro atoms. The number of phenolic OH excluding ortho intramolecular Hbond substituents is 1. The average Bonchev–Trinajstić information content (AvgIpc) is 2.38. The van der Waals surface area contributed by atoms with Crippen LogP contribution < -0.4 is 11.3 Å². The molecule has 0 aliphatic rings. The van der Waals surface area contributed by atoms with E-state index in [9.17, 15) is 0 Å². The fraction of sp³-hybridized carbons (Fsp3) is 0.0833. The number of pyridine rings is 1. The van der Waals surface area contributed by atoms with Crippen molar-refractivity contribution in [3.63, 3.8) is 0 Å². The van der Waals surface area contributed by atoms with E-state index in [1.165, 1.54) is 0 Å². The average molecular weight is 247 g/mol. The summed E-state index contributed by atoms with van der Waals surface area (Å²) in [4.78, 5) is 5.41. The van der Waals surface area contributed by atoms with Gasteiger partial charge < -0.3 is 10.5 Å². The Hall–Kier alpha value is -1.72. The van der Waals surface area contributed by atoms with Crippen molar-refractivity contribution in [1.82, 2.24) is 4.98 Å². The Bertz CT molecular complexity index is 487. The van der Waals surface area contributed by atoms with Gasteiger partial charge in [0, 0.05) is 10.6 Å². The van der Waals surface area contributed by atoms with E-state index in [-0.39, 0.29) is 5.75 Å². The highest BCUT2D eigenvalue weighted by molar-refractivity contribution is 7.98. The molecule has 1 aromatic carbocycles. The van der Waals surface area contributed by atoms with E-state index in [1.54, 1.807) is 23.9 Å². The summed E-state index contributed by atoms with van der Waals surface area (Å²) in [6, 6.07) is 12.8. The van der Waals surface area contributed by atoms with E-state index in [1.807, 2.05) is 30.3 Å². The molecule has 2 rings (SSSR count). The van der Waals surface area contributed by atoms with Crippen molar-refractivity contribution in [3.05, 3.63) is 48.2 Å². The molecule has 4 nitrogen and oxygen atoms in total. The van der Waals surface area contributed by atoms with Crippen LogP contribution in [0.1, 0.15) is 5.69 Å². The SMILES string of the molecule is NNc1cccc(CSc2ccc(O)cc2)n1. The molecule has 0 bridgehead atoms. The summed E-state index contributed by atoms with van der Waals surface area (Å²) in [5.41, 5.74) is 3.48. The van der Waals surface area contributed by atoms with Crippen LogP contribution in [0.15, 0.2) is 47.4 Å². The summed E-state index contributed by atoms with van der Waals surface area (Å²) < 4.78 is 0. The van der Waals surface area contributed by atoms with Crippen LogP contribution >= 0.6 is 11.8 Å². The van der Waals surface area contributed by atoms with Gasteiger partial charge in [0.05, 0.1) is 5.69 Å². The van der Waals surface area contributed by atoms with Gasteiger partial charge in [-0.1, -0.05) is 6.07 Å². The van der Waals surface area contributed by atoms with Gasteiger partial charge in [-0.05, 0) is 36.4 Å². The molecule has 1 aromatic heterocycles. The van der Waals surface area contributed by atoms with Gasteiger partial charge >= 0.3 is 0 Å². The molecule has 0 saturated heterocycles. The lowest BCUT2D eigenvalue weighted by molar-refractivity contribution is 0.475. The molecule has 0 amide bonds. The van der Waals surface area contributed by atoms with E-state index >= 15 is 0 Å². The first-order valence-corrected chi connectivity index (χ1v) is 6.11. The normalized spacial score (nSPS) is 10.2. The molecule has 17 heavy (non-hydrogen) atoms. The van der Waals surface area contributed by atoms with Gasteiger partial charge in [-0.15, -0.1) is 11.8 Å². The standard InChI is InChI=1S/C12H13N3OS/c13-15-12-3-1-2-9(14-12)8-17-11-6-4-10(16)5-7-11/h1-7,16H,8,13H2,(H,14,15). The third-order valence-corrected chi connectivity index (χ3v) is 3.22. The minimum atomic E-state index is 0.279. The topological polar surface area (TPSA) is 71.2 Å². The van der Waals surface area contributed by atoms with Crippen LogP contribution in [-0.2, 0) is 5.75 Å². The second-order valence-electron chi connectivity index (χ2n) is 3.44. The van der Waals surface area contributed by atoms with E-state index in [4.69, 9.17) is 10.9 Å². The number of aromatic hydroxyl groups is 1. The molecule has 4 N–H and O–H groups in total. The van der Waals surface area contributed by atoms with Crippen LogP contribution in [0.25, 0.3) is 0 Å². The monoisotopic (exact) mass is 247 g/mol. The minimum Gasteiger partial charge on any atom is -0.508 e. The minimum absolute atomic E-state index is 0.279. The molecule has 0 unspecified atom stereocenters. The number of hydrazine groups is 1. The number of anilines is 1. The fourth-order valence-electron chi connectivity index (χ4n) is 1.34. The highest BCUT2D eigenvalue weighted by Gasteiger charge is 1.99. The van der Waals surface area contributed by atoms with Gasteiger partial charge in [0.15, 0.2) is 0 Å². The smallest absolute Gasteiger partial charge is 0.140 e. The summed E-state index contributed by atoms with van der Waals surface area (Å²) in [7, 11) is 0. The van der Waals surface area contributed by atoms with Gasteiger partial charge in [0.1, 0.15) is 11.6 Å². The van der Waals surface area contributed by atoms with Crippen molar-refractivity contribution in [2.75, 3.05) is 5.43 Å². The van der Waals surface area contributed by atoms with Crippen LogP contribution in [0.2, 0.25) is 0 Å². The molecule has 0 atom stereocenters. The predicted molar refractivity (Wildman–Crippen MR) is 69.7 cm³/mol. The summed E-state index contributed by atoms with van der Waals surface area (Å²) in [5, 5.41) is 9.17. The van der Waals surface area contributed by atoms with E-state index in [2.05, 4.69) is 10.4 Å². The Morgan fingerprint density at radius 2 is 1.94 bits per heavy atom. The molecular formula is C12H13N3OS. The van der Waals surface area contributed by atoms with Crippen molar-refractivity contribution in [2.24, 2.45) is 5.84 Å². The zero-order valence-electron chi connectivity index (χ0n) is 9.13. The number of nitrogens with two attached hydrogens (primary N) is 1. The van der Waals surface area contributed by atoms with Crippen molar-refractivity contribution < 1.29 is 5.11 Å². The zero-order valence-corrected chi connectivity index (χ0v) is 9.95. The van der Waals surface area contributed by atoms with E-state index in [0.29, 0.717) is 5.82 Å². The second-order valence-corrected chi connectivity index (χ2v) is 4.49. The van der Waals surface area contributed by atoms with Gasteiger partial charge in [-0.25, -0.2) is 10.8 Å². The van der Waals surface area contributed by atoms with Gasteiger partial charge in [-0.2, -0.15) is 0 Å². The van der Waals surface area contributed by atoms with Crippen LogP contribution in [-0.4, -0.2) is 10.1 Å². The maximum Gasteiger partial charge on any atom is 0.140 e. The Labute approximate surface area is 104 Å². The number of benzene rings is 1. The Morgan fingerprint density at radius 3 is 2.65 bits per heavy atom. The number of rotatable bonds is 4. The summed E-state index contributed by atoms with van der Waals surface area (Å²) in [6.45, 7) is 0. The van der Waals surface area contributed by atoms with Crippen LogP contribution in [0.5, 0.6) is 5.75 Å². The molecular weight excluding hydrogens is 234 g/mol. The zero-order chi connectivity index (χ0) is 12.1. The fourth-order valence-corrected chi connectivity index (χ4v) is 2.14. The van der Waals surface area contributed by atoms with E-state index < -0.39 is 0 Å². The summed E-state index contributed by atoms with van der Waals surface area (Å²) in [6.07, 6.45) is 0. The lowest BCUT2D eigenvalue weighted by atomic mass is 10.3. The van der Waals surface area contributed by atoms with Crippen molar-refractivity contribution >= 4 is 17.6 Å². The van der Waals surface area contributed by atoms with Gasteiger partial charge in [-0.3, -0.25) is 0 Å². The highest BCUT2D eigenvalue weighted by Crippen LogP contribution is 2.24. The van der Waals surface area contributed by atoms with Gasteiger partial charge in [0.25, 0.3) is 0 Å². The quantitative estimate of drug-likeness (QED) is 0.439. The number of hydrogen-bond donors (Lipinski definition) is 3. The number of nitrogen functional groups attached to an aromatic ring is 1. The van der Waals surface area contributed by atoms with Crippen LogP contribution in [0.4, 0.5) is 5.82 Å². The third kappa shape index (κ3) is 3.37. The number of aromatic nitrogens is 1. The lowest BCUT2D eigenvalue weighted by Crippen LogP contribution is -2.08. The first-order valence-electron chi connectivity index (χ1n) is 5.12. The maximum atomic E-state index is 9.17. The van der Waals surface area contributed by atoms with Gasteiger partial charge in [0.2, 0.25) is 0 Å². The molecule has 0 fully saturated rings.